The first-order valence-corrected chi connectivity index (χ1v) is 5.18. The standard InChI is InChI=1S/C10H19NO2/c1-2-10(13)11-7-8-5-3-4-6-9(8)12/h8-9,12H,2-7H2,1H3,(H,11,13). The van der Waals surface area contributed by atoms with Crippen LogP contribution in [-0.4, -0.2) is 23.7 Å². The normalized spacial score (nSPS) is 28.5. The molecule has 1 aliphatic carbocycles. The van der Waals surface area contributed by atoms with Crippen molar-refractivity contribution in [1.82, 2.24) is 5.32 Å². The van der Waals surface area contributed by atoms with Gasteiger partial charge in [0.25, 0.3) is 0 Å². The molecule has 2 atom stereocenters. The number of carbonyl (C=O) groups is 1. The molecule has 1 rings (SSSR count). The Morgan fingerprint density at radius 2 is 2.15 bits per heavy atom. The van der Waals surface area contributed by atoms with Crippen molar-refractivity contribution in [3.05, 3.63) is 0 Å². The maximum Gasteiger partial charge on any atom is 0.219 e. The van der Waals surface area contributed by atoms with Crippen molar-refractivity contribution in [2.24, 2.45) is 5.92 Å². The summed E-state index contributed by atoms with van der Waals surface area (Å²) in [5, 5.41) is 12.4. The molecule has 0 bridgehead atoms. The summed E-state index contributed by atoms with van der Waals surface area (Å²) in [6.07, 6.45) is 4.58. The highest BCUT2D eigenvalue weighted by Gasteiger charge is 2.22. The smallest absolute Gasteiger partial charge is 0.219 e. The number of amides is 1. The summed E-state index contributed by atoms with van der Waals surface area (Å²) in [5.74, 6) is 0.363. The molecule has 0 aromatic carbocycles. The van der Waals surface area contributed by atoms with Gasteiger partial charge in [0.2, 0.25) is 5.91 Å². The fourth-order valence-electron chi connectivity index (χ4n) is 1.80. The van der Waals surface area contributed by atoms with Gasteiger partial charge in [-0.15, -0.1) is 0 Å². The predicted molar refractivity (Wildman–Crippen MR) is 51.3 cm³/mol. The average Bonchev–Trinajstić information content (AvgIpc) is 2.16. The Morgan fingerprint density at radius 3 is 2.77 bits per heavy atom. The van der Waals surface area contributed by atoms with Crippen LogP contribution in [0.3, 0.4) is 0 Å². The van der Waals surface area contributed by atoms with Crippen molar-refractivity contribution < 1.29 is 9.90 Å². The zero-order valence-corrected chi connectivity index (χ0v) is 8.25. The maximum atomic E-state index is 11.0. The topological polar surface area (TPSA) is 49.3 Å². The van der Waals surface area contributed by atoms with E-state index < -0.39 is 0 Å². The zero-order valence-electron chi connectivity index (χ0n) is 8.25. The summed E-state index contributed by atoms with van der Waals surface area (Å²) < 4.78 is 0. The molecule has 0 spiro atoms. The van der Waals surface area contributed by atoms with Crippen molar-refractivity contribution in [3.63, 3.8) is 0 Å². The Labute approximate surface area is 79.5 Å². The minimum Gasteiger partial charge on any atom is -0.393 e. The SMILES string of the molecule is CCC(=O)NCC1CCCCC1O. The van der Waals surface area contributed by atoms with E-state index in [1.807, 2.05) is 6.92 Å². The van der Waals surface area contributed by atoms with Crippen molar-refractivity contribution in [1.29, 1.82) is 0 Å². The molecule has 0 radical (unpaired) electrons. The van der Waals surface area contributed by atoms with Gasteiger partial charge in [-0.1, -0.05) is 19.8 Å². The third-order valence-electron chi connectivity index (χ3n) is 2.75. The second kappa shape index (κ2) is 5.22. The number of hydrogen-bond acceptors (Lipinski definition) is 2. The molecule has 0 aromatic rings. The summed E-state index contributed by atoms with van der Waals surface area (Å²) >= 11 is 0. The van der Waals surface area contributed by atoms with Gasteiger partial charge in [-0.25, -0.2) is 0 Å². The molecular weight excluding hydrogens is 166 g/mol. The lowest BCUT2D eigenvalue weighted by Gasteiger charge is -2.27. The summed E-state index contributed by atoms with van der Waals surface area (Å²) in [6, 6.07) is 0. The van der Waals surface area contributed by atoms with Gasteiger partial charge < -0.3 is 10.4 Å². The molecule has 0 aromatic heterocycles. The van der Waals surface area contributed by atoms with Crippen LogP contribution in [0.5, 0.6) is 0 Å². The molecule has 2 unspecified atom stereocenters. The van der Waals surface area contributed by atoms with E-state index in [0.717, 1.165) is 19.3 Å². The van der Waals surface area contributed by atoms with Crippen LogP contribution < -0.4 is 5.32 Å². The first kappa shape index (κ1) is 10.5. The molecule has 1 aliphatic rings. The number of nitrogens with one attached hydrogen (secondary N) is 1. The van der Waals surface area contributed by atoms with Crippen molar-refractivity contribution in [3.8, 4) is 0 Å². The molecule has 3 heteroatoms. The van der Waals surface area contributed by atoms with Crippen LogP contribution in [-0.2, 0) is 4.79 Å². The summed E-state index contributed by atoms with van der Waals surface area (Å²) in [5.41, 5.74) is 0. The van der Waals surface area contributed by atoms with E-state index in [1.165, 1.54) is 6.42 Å². The van der Waals surface area contributed by atoms with E-state index in [4.69, 9.17) is 0 Å². The molecule has 76 valence electrons. The van der Waals surface area contributed by atoms with E-state index in [-0.39, 0.29) is 17.9 Å². The van der Waals surface area contributed by atoms with Crippen LogP contribution in [0, 0.1) is 5.92 Å². The van der Waals surface area contributed by atoms with E-state index >= 15 is 0 Å². The monoisotopic (exact) mass is 185 g/mol. The number of aliphatic hydroxyl groups excluding tert-OH is 1. The molecule has 13 heavy (non-hydrogen) atoms. The Bertz CT molecular complexity index is 170. The molecule has 0 heterocycles. The summed E-state index contributed by atoms with van der Waals surface area (Å²) in [7, 11) is 0. The fraction of sp³-hybridized carbons (Fsp3) is 0.900. The lowest BCUT2D eigenvalue weighted by atomic mass is 9.86. The summed E-state index contributed by atoms with van der Waals surface area (Å²) in [6.45, 7) is 2.49. The van der Waals surface area contributed by atoms with E-state index in [9.17, 15) is 9.90 Å². The maximum absolute atomic E-state index is 11.0. The van der Waals surface area contributed by atoms with Crippen LogP contribution in [0.2, 0.25) is 0 Å². The Kier molecular flexibility index (Phi) is 4.22. The van der Waals surface area contributed by atoms with E-state index in [1.54, 1.807) is 0 Å². The fourth-order valence-corrected chi connectivity index (χ4v) is 1.80. The molecule has 0 aliphatic heterocycles. The minimum absolute atomic E-state index is 0.0813. The van der Waals surface area contributed by atoms with Gasteiger partial charge in [0.15, 0.2) is 0 Å². The van der Waals surface area contributed by atoms with Crippen LogP contribution in [0.4, 0.5) is 0 Å². The number of carbonyl (C=O) groups excluding carboxylic acids is 1. The lowest BCUT2D eigenvalue weighted by Crippen LogP contribution is -2.36. The van der Waals surface area contributed by atoms with Gasteiger partial charge in [0.1, 0.15) is 0 Å². The second-order valence-electron chi connectivity index (χ2n) is 3.77. The van der Waals surface area contributed by atoms with Gasteiger partial charge in [0.05, 0.1) is 6.10 Å². The largest absolute Gasteiger partial charge is 0.393 e. The highest BCUT2D eigenvalue weighted by molar-refractivity contribution is 5.75. The molecular formula is C10H19NO2. The Morgan fingerprint density at radius 1 is 1.46 bits per heavy atom. The highest BCUT2D eigenvalue weighted by Crippen LogP contribution is 2.23. The van der Waals surface area contributed by atoms with E-state index in [0.29, 0.717) is 13.0 Å². The first-order chi connectivity index (χ1) is 6.24. The number of hydrogen-bond donors (Lipinski definition) is 2. The zero-order chi connectivity index (χ0) is 9.68. The van der Waals surface area contributed by atoms with Gasteiger partial charge in [-0.05, 0) is 12.8 Å². The average molecular weight is 185 g/mol. The molecule has 1 amide bonds. The number of aliphatic hydroxyl groups is 1. The molecule has 0 saturated heterocycles. The van der Waals surface area contributed by atoms with Gasteiger partial charge >= 0.3 is 0 Å². The van der Waals surface area contributed by atoms with Crippen LogP contribution in [0.15, 0.2) is 0 Å². The van der Waals surface area contributed by atoms with Crippen LogP contribution in [0.1, 0.15) is 39.0 Å². The van der Waals surface area contributed by atoms with Gasteiger partial charge in [-0.2, -0.15) is 0 Å². The third kappa shape index (κ3) is 3.35. The summed E-state index contributed by atoms with van der Waals surface area (Å²) in [4.78, 5) is 11.0. The third-order valence-corrected chi connectivity index (χ3v) is 2.75. The second-order valence-corrected chi connectivity index (χ2v) is 3.77. The predicted octanol–water partition coefficient (Wildman–Crippen LogP) is 1.06. The molecule has 3 nitrogen and oxygen atoms in total. The van der Waals surface area contributed by atoms with Crippen molar-refractivity contribution in [2.45, 2.75) is 45.1 Å². The Hall–Kier alpha value is -0.570. The van der Waals surface area contributed by atoms with E-state index in [2.05, 4.69) is 5.32 Å². The lowest BCUT2D eigenvalue weighted by molar-refractivity contribution is -0.121. The number of rotatable bonds is 3. The van der Waals surface area contributed by atoms with Gasteiger partial charge in [0, 0.05) is 18.9 Å². The quantitative estimate of drug-likeness (QED) is 0.691. The molecule has 2 N–H and O–H groups in total. The Balaban J connectivity index is 2.22. The van der Waals surface area contributed by atoms with Crippen LogP contribution in [0.25, 0.3) is 0 Å². The van der Waals surface area contributed by atoms with Crippen molar-refractivity contribution >= 4 is 5.91 Å². The van der Waals surface area contributed by atoms with Gasteiger partial charge in [-0.3, -0.25) is 4.79 Å². The molecule has 1 saturated carbocycles. The minimum atomic E-state index is -0.203. The first-order valence-electron chi connectivity index (χ1n) is 5.18. The van der Waals surface area contributed by atoms with Crippen LogP contribution >= 0.6 is 0 Å². The highest BCUT2D eigenvalue weighted by atomic mass is 16.3. The molecule has 1 fully saturated rings. The van der Waals surface area contributed by atoms with Crippen molar-refractivity contribution in [2.75, 3.05) is 6.54 Å².